The van der Waals surface area contributed by atoms with E-state index in [2.05, 4.69) is 0 Å². The first kappa shape index (κ1) is 17.3. The van der Waals surface area contributed by atoms with Gasteiger partial charge in [-0.1, -0.05) is 0 Å². The highest BCUT2D eigenvalue weighted by atomic mass is 32.2. The smallest absolute Gasteiger partial charge is 0.254 e. The van der Waals surface area contributed by atoms with E-state index in [4.69, 9.17) is 0 Å². The van der Waals surface area contributed by atoms with E-state index < -0.39 is 43.7 Å². The Bertz CT molecular complexity index is 867. The van der Waals surface area contributed by atoms with Gasteiger partial charge in [0.05, 0.1) is 29.8 Å². The molecule has 1 amide bonds. The highest BCUT2D eigenvalue weighted by Gasteiger charge is 2.50. The Morgan fingerprint density at radius 2 is 1.71 bits per heavy atom. The predicted molar refractivity (Wildman–Crippen MR) is 85.2 cm³/mol. The number of sulfone groups is 1. The lowest BCUT2D eigenvalue weighted by Crippen LogP contribution is -2.61. The predicted octanol–water partition coefficient (Wildman–Crippen LogP) is -0.291. The molecular weight excluding hydrogens is 359 g/mol. The van der Waals surface area contributed by atoms with Gasteiger partial charge in [0.1, 0.15) is 5.82 Å². The van der Waals surface area contributed by atoms with Crippen LogP contribution in [0, 0.1) is 5.82 Å². The van der Waals surface area contributed by atoms with Crippen LogP contribution in [0.25, 0.3) is 0 Å². The minimum atomic E-state index is -3.57. The molecule has 0 aromatic heterocycles. The van der Waals surface area contributed by atoms with E-state index in [9.17, 15) is 26.0 Å². The van der Waals surface area contributed by atoms with Crippen molar-refractivity contribution in [3.05, 3.63) is 35.6 Å². The van der Waals surface area contributed by atoms with Crippen LogP contribution >= 0.6 is 0 Å². The number of sulfonamides is 1. The monoisotopic (exact) mass is 376 g/mol. The second kappa shape index (κ2) is 5.78. The quantitative estimate of drug-likeness (QED) is 0.707. The first-order chi connectivity index (χ1) is 11.1. The summed E-state index contributed by atoms with van der Waals surface area (Å²) in [7, 11) is -7.01. The number of carbonyl (C=O) groups is 1. The molecule has 1 aromatic carbocycles. The summed E-state index contributed by atoms with van der Waals surface area (Å²) in [6, 6.07) is 3.48. The number of piperazine rings is 1. The molecule has 2 heterocycles. The van der Waals surface area contributed by atoms with Crippen LogP contribution in [-0.4, -0.2) is 74.9 Å². The molecule has 7 nitrogen and oxygen atoms in total. The third-order valence-corrected chi connectivity index (χ3v) is 7.41. The van der Waals surface area contributed by atoms with Gasteiger partial charge in [0.15, 0.2) is 9.84 Å². The maximum atomic E-state index is 13.0. The first-order valence-corrected chi connectivity index (χ1v) is 11.0. The Labute approximate surface area is 140 Å². The summed E-state index contributed by atoms with van der Waals surface area (Å²) in [4.78, 5) is 14.1. The van der Waals surface area contributed by atoms with Crippen molar-refractivity contribution in [2.75, 3.05) is 30.9 Å². The molecule has 0 radical (unpaired) electrons. The normalized spacial score (nSPS) is 27.0. The van der Waals surface area contributed by atoms with Gasteiger partial charge in [-0.25, -0.2) is 21.2 Å². The zero-order valence-electron chi connectivity index (χ0n) is 12.9. The van der Waals surface area contributed by atoms with Gasteiger partial charge in [-0.05, 0) is 24.3 Å². The van der Waals surface area contributed by atoms with Crippen molar-refractivity contribution in [3.8, 4) is 0 Å². The maximum absolute atomic E-state index is 13.0. The number of hydrogen-bond acceptors (Lipinski definition) is 5. The number of rotatable bonds is 2. The lowest BCUT2D eigenvalue weighted by Gasteiger charge is -2.42. The maximum Gasteiger partial charge on any atom is 0.254 e. The van der Waals surface area contributed by atoms with Crippen molar-refractivity contribution in [2.45, 2.75) is 12.1 Å². The average molecular weight is 376 g/mol. The minimum absolute atomic E-state index is 0.0441. The van der Waals surface area contributed by atoms with E-state index in [1.165, 1.54) is 17.0 Å². The third-order valence-electron chi connectivity index (χ3n) is 4.40. The third kappa shape index (κ3) is 3.17. The van der Waals surface area contributed by atoms with Gasteiger partial charge in [-0.3, -0.25) is 4.79 Å². The van der Waals surface area contributed by atoms with Crippen LogP contribution in [0.3, 0.4) is 0 Å². The highest BCUT2D eigenvalue weighted by Crippen LogP contribution is 2.29. The number of amides is 1. The molecule has 2 saturated heterocycles. The summed E-state index contributed by atoms with van der Waals surface area (Å²) in [6.07, 6.45) is 1.03. The Morgan fingerprint density at radius 3 is 2.29 bits per heavy atom. The van der Waals surface area contributed by atoms with Crippen molar-refractivity contribution < 1.29 is 26.0 Å². The fourth-order valence-electron chi connectivity index (χ4n) is 3.34. The van der Waals surface area contributed by atoms with Crippen LogP contribution in [-0.2, 0) is 19.9 Å². The van der Waals surface area contributed by atoms with Crippen LogP contribution in [0.1, 0.15) is 10.4 Å². The summed E-state index contributed by atoms with van der Waals surface area (Å²) in [6.45, 7) is 0.141. The fourth-order valence-corrected chi connectivity index (χ4v) is 6.54. The van der Waals surface area contributed by atoms with Crippen LogP contribution in [0.5, 0.6) is 0 Å². The summed E-state index contributed by atoms with van der Waals surface area (Å²) in [5.41, 5.74) is 0.243. The molecule has 2 atom stereocenters. The van der Waals surface area contributed by atoms with E-state index in [-0.39, 0.29) is 30.2 Å². The molecule has 2 aliphatic heterocycles. The molecule has 0 spiro atoms. The molecule has 0 unspecified atom stereocenters. The summed E-state index contributed by atoms with van der Waals surface area (Å²) < 4.78 is 62.0. The van der Waals surface area contributed by atoms with E-state index in [0.29, 0.717) is 0 Å². The van der Waals surface area contributed by atoms with Crippen molar-refractivity contribution in [1.82, 2.24) is 9.21 Å². The summed E-state index contributed by atoms with van der Waals surface area (Å²) in [5, 5.41) is 0. The topological polar surface area (TPSA) is 91.8 Å². The number of halogens is 1. The van der Waals surface area contributed by atoms with E-state index >= 15 is 0 Å². The van der Waals surface area contributed by atoms with Gasteiger partial charge in [0, 0.05) is 18.7 Å². The van der Waals surface area contributed by atoms with Gasteiger partial charge >= 0.3 is 0 Å². The van der Waals surface area contributed by atoms with E-state index in [0.717, 1.165) is 22.7 Å². The Morgan fingerprint density at radius 1 is 1.12 bits per heavy atom. The number of carbonyl (C=O) groups excluding carboxylic acids is 1. The molecule has 1 aromatic rings. The van der Waals surface area contributed by atoms with E-state index in [1.54, 1.807) is 0 Å². The first-order valence-electron chi connectivity index (χ1n) is 7.32. The SMILES string of the molecule is CS(=O)(=O)N1CCN(C(=O)c2ccc(F)cc2)[C@H]2CS(=O)(=O)C[C@H]21. The van der Waals surface area contributed by atoms with Gasteiger partial charge in [-0.2, -0.15) is 4.31 Å². The zero-order chi connectivity index (χ0) is 17.7. The zero-order valence-corrected chi connectivity index (χ0v) is 14.6. The Balaban J connectivity index is 1.94. The van der Waals surface area contributed by atoms with Crippen LogP contribution in [0.4, 0.5) is 4.39 Å². The molecule has 3 rings (SSSR count). The number of nitrogens with zero attached hydrogens (tertiary/aromatic N) is 2. The van der Waals surface area contributed by atoms with Crippen molar-refractivity contribution >= 4 is 25.8 Å². The molecular formula is C14H17FN2O5S2. The molecule has 2 fully saturated rings. The molecule has 132 valence electrons. The second-order valence-electron chi connectivity index (χ2n) is 6.09. The molecule has 24 heavy (non-hydrogen) atoms. The second-order valence-corrected chi connectivity index (χ2v) is 10.2. The lowest BCUT2D eigenvalue weighted by molar-refractivity contribution is 0.0516. The van der Waals surface area contributed by atoms with Crippen LogP contribution < -0.4 is 0 Å². The number of benzene rings is 1. The van der Waals surface area contributed by atoms with Gasteiger partial charge in [0.2, 0.25) is 10.0 Å². The molecule has 10 heteroatoms. The van der Waals surface area contributed by atoms with Crippen molar-refractivity contribution in [2.24, 2.45) is 0 Å². The van der Waals surface area contributed by atoms with Crippen LogP contribution in [0.2, 0.25) is 0 Å². The van der Waals surface area contributed by atoms with E-state index in [1.807, 2.05) is 0 Å². The fraction of sp³-hybridized carbons (Fsp3) is 0.500. The van der Waals surface area contributed by atoms with Crippen molar-refractivity contribution in [3.63, 3.8) is 0 Å². The van der Waals surface area contributed by atoms with Crippen LogP contribution in [0.15, 0.2) is 24.3 Å². The molecule has 0 bridgehead atoms. The van der Waals surface area contributed by atoms with Gasteiger partial charge in [-0.15, -0.1) is 0 Å². The standard InChI is InChI=1S/C14H17FN2O5S2/c1-23(19,20)17-7-6-16(12-8-24(21,22)9-13(12)17)14(18)10-2-4-11(15)5-3-10/h2-5,12-13H,6-9H2,1H3/t12-,13+/m0/s1. The number of fused-ring (bicyclic) bond motifs is 1. The minimum Gasteiger partial charge on any atom is -0.332 e. The van der Waals surface area contributed by atoms with Crippen molar-refractivity contribution in [1.29, 1.82) is 0 Å². The molecule has 0 N–H and O–H groups in total. The average Bonchev–Trinajstić information content (AvgIpc) is 2.79. The van der Waals surface area contributed by atoms with Gasteiger partial charge in [0.25, 0.3) is 5.91 Å². The van der Waals surface area contributed by atoms with Gasteiger partial charge < -0.3 is 4.90 Å². The summed E-state index contributed by atoms with van der Waals surface area (Å²) >= 11 is 0. The number of hydrogen-bond donors (Lipinski definition) is 0. The molecule has 0 aliphatic carbocycles. The molecule has 2 aliphatic rings. The Kier molecular flexibility index (Phi) is 4.17. The Hall–Kier alpha value is -1.52. The highest BCUT2D eigenvalue weighted by molar-refractivity contribution is 7.92. The lowest BCUT2D eigenvalue weighted by atomic mass is 10.1. The largest absolute Gasteiger partial charge is 0.332 e. The molecule has 0 saturated carbocycles. The summed E-state index contributed by atoms with van der Waals surface area (Å²) in [5.74, 6) is -1.46.